The zero-order chi connectivity index (χ0) is 22.0. The molecule has 8 nitrogen and oxygen atoms in total. The molecule has 1 saturated heterocycles. The number of carbonyl (C=O) groups is 1. The molecule has 164 valence electrons. The van der Waals surface area contributed by atoms with Gasteiger partial charge < -0.3 is 29.0 Å². The summed E-state index contributed by atoms with van der Waals surface area (Å²) in [6.45, 7) is 0.290. The van der Waals surface area contributed by atoms with Crippen molar-refractivity contribution >= 4 is 29.2 Å². The summed E-state index contributed by atoms with van der Waals surface area (Å²) in [5.41, 5.74) is 1.60. The van der Waals surface area contributed by atoms with Gasteiger partial charge in [0.05, 0.1) is 39.6 Å². The Kier molecular flexibility index (Phi) is 6.03. The van der Waals surface area contributed by atoms with Crippen LogP contribution in [0, 0.1) is 0 Å². The van der Waals surface area contributed by atoms with E-state index in [4.69, 9.17) is 35.9 Å². The zero-order valence-electron chi connectivity index (χ0n) is 17.5. The van der Waals surface area contributed by atoms with Crippen LogP contribution in [0.1, 0.15) is 18.0 Å². The maximum Gasteiger partial charge on any atom is 0.410 e. The van der Waals surface area contributed by atoms with Crippen molar-refractivity contribution in [3.8, 4) is 17.2 Å². The van der Waals surface area contributed by atoms with Gasteiger partial charge in [-0.15, -0.1) is 0 Å². The van der Waals surface area contributed by atoms with E-state index >= 15 is 0 Å². The van der Waals surface area contributed by atoms with Crippen LogP contribution in [0.2, 0.25) is 0 Å². The van der Waals surface area contributed by atoms with Gasteiger partial charge in [-0.3, -0.25) is 4.90 Å². The number of hydrogen-bond donors (Lipinski definition) is 1. The van der Waals surface area contributed by atoms with E-state index in [1.165, 1.54) is 7.11 Å². The van der Waals surface area contributed by atoms with Gasteiger partial charge in [0, 0.05) is 18.1 Å². The third-order valence-electron chi connectivity index (χ3n) is 5.49. The van der Waals surface area contributed by atoms with Crippen molar-refractivity contribution in [1.82, 2.24) is 4.90 Å². The summed E-state index contributed by atoms with van der Waals surface area (Å²) < 4.78 is 27.8. The molecule has 0 aliphatic carbocycles. The average Bonchev–Trinajstić information content (AvgIpc) is 2.80. The molecule has 2 bridgehead atoms. The second-order valence-corrected chi connectivity index (χ2v) is 7.57. The number of fused-ring (bicyclic) bond motifs is 4. The number of carbonyl (C=O) groups excluding carboxylic acids is 1. The molecule has 1 fully saturated rings. The fourth-order valence-electron chi connectivity index (χ4n) is 3.99. The summed E-state index contributed by atoms with van der Waals surface area (Å²) in [5, 5.41) is 3.20. The molecule has 0 unspecified atom stereocenters. The van der Waals surface area contributed by atoms with Gasteiger partial charge in [-0.1, -0.05) is 18.2 Å². The highest BCUT2D eigenvalue weighted by Gasteiger charge is 2.46. The third kappa shape index (κ3) is 4.18. The molecule has 4 rings (SSSR count). The molecular formula is C22H24N2O6S. The van der Waals surface area contributed by atoms with Crippen molar-refractivity contribution in [2.24, 2.45) is 0 Å². The summed E-state index contributed by atoms with van der Waals surface area (Å²) >= 11 is 5.43. The van der Waals surface area contributed by atoms with Crippen molar-refractivity contribution < 1.29 is 28.5 Å². The lowest BCUT2D eigenvalue weighted by Crippen LogP contribution is -2.56. The number of para-hydroxylation sites is 1. The Labute approximate surface area is 186 Å². The predicted octanol–water partition coefficient (Wildman–Crippen LogP) is 3.76. The maximum atomic E-state index is 12.5. The summed E-state index contributed by atoms with van der Waals surface area (Å²) in [4.78, 5) is 14.1. The Morgan fingerprint density at radius 2 is 1.97 bits per heavy atom. The van der Waals surface area contributed by atoms with Gasteiger partial charge in [0.15, 0.2) is 6.10 Å². The summed E-state index contributed by atoms with van der Waals surface area (Å²) in [7, 11) is 4.52. The SMILES string of the molecule is COC(=O)N1C[C@H](OC(=S)Nc2ccc(OC)cc2OC)[C@H]2C[C@@H]1c1ccccc1O2. The first-order valence-corrected chi connectivity index (χ1v) is 10.2. The highest BCUT2D eigenvalue weighted by atomic mass is 32.1. The van der Waals surface area contributed by atoms with E-state index in [0.29, 0.717) is 23.6 Å². The Hall–Kier alpha value is -3.20. The number of ether oxygens (including phenoxy) is 5. The van der Waals surface area contributed by atoms with E-state index in [2.05, 4.69) is 5.32 Å². The number of likely N-dealkylation sites (tertiary alicyclic amines) is 1. The van der Waals surface area contributed by atoms with Gasteiger partial charge in [-0.05, 0) is 30.4 Å². The number of amides is 1. The number of hydrogen-bond acceptors (Lipinski definition) is 7. The second-order valence-electron chi connectivity index (χ2n) is 7.20. The summed E-state index contributed by atoms with van der Waals surface area (Å²) in [6.07, 6.45) is -0.540. The minimum atomic E-state index is -0.465. The molecule has 1 amide bonds. The molecular weight excluding hydrogens is 420 g/mol. The molecule has 2 aromatic rings. The molecule has 2 heterocycles. The van der Waals surface area contributed by atoms with E-state index in [-0.39, 0.29) is 23.9 Å². The molecule has 9 heteroatoms. The van der Waals surface area contributed by atoms with E-state index < -0.39 is 12.2 Å². The third-order valence-corrected chi connectivity index (χ3v) is 5.69. The highest BCUT2D eigenvalue weighted by Crippen LogP contribution is 2.43. The van der Waals surface area contributed by atoms with Crippen molar-refractivity contribution in [3.05, 3.63) is 48.0 Å². The zero-order valence-corrected chi connectivity index (χ0v) is 18.3. The van der Waals surface area contributed by atoms with Gasteiger partial charge in [-0.2, -0.15) is 0 Å². The first kappa shape index (κ1) is 21.0. The molecule has 0 aromatic heterocycles. The number of nitrogens with zero attached hydrogens (tertiary/aromatic N) is 1. The van der Waals surface area contributed by atoms with Crippen molar-refractivity contribution in [2.45, 2.75) is 24.7 Å². The molecule has 1 N–H and O–H groups in total. The standard InChI is InChI=1S/C22H24N2O6S/c1-26-13-8-9-15(18(10-13)27-2)23-21(31)30-20-12-24(22(25)28-3)16-11-19(20)29-17-7-5-4-6-14(16)17/h4-10,16,19-20H,11-12H2,1-3H3,(H,23,31)/t16-,19-,20+/m1/s1. The van der Waals surface area contributed by atoms with Gasteiger partial charge in [0.2, 0.25) is 0 Å². The van der Waals surface area contributed by atoms with Crippen LogP contribution in [0.5, 0.6) is 17.2 Å². The average molecular weight is 445 g/mol. The smallest absolute Gasteiger partial charge is 0.410 e. The minimum Gasteiger partial charge on any atom is -0.497 e. The number of methoxy groups -OCH3 is 3. The van der Waals surface area contributed by atoms with Crippen LogP contribution in [0.4, 0.5) is 10.5 Å². The Morgan fingerprint density at radius 1 is 1.16 bits per heavy atom. The van der Waals surface area contributed by atoms with Crippen LogP contribution in [0.3, 0.4) is 0 Å². The molecule has 0 saturated carbocycles. The summed E-state index contributed by atoms with van der Waals surface area (Å²) in [5.74, 6) is 1.96. The van der Waals surface area contributed by atoms with Gasteiger partial charge >= 0.3 is 6.09 Å². The molecule has 2 aliphatic heterocycles. The lowest BCUT2D eigenvalue weighted by molar-refractivity contribution is -0.0506. The monoisotopic (exact) mass is 444 g/mol. The fourth-order valence-corrected chi connectivity index (χ4v) is 4.23. The maximum absolute atomic E-state index is 12.5. The Balaban J connectivity index is 1.52. The fraction of sp³-hybridized carbons (Fsp3) is 0.364. The lowest BCUT2D eigenvalue weighted by Gasteiger charge is -2.46. The largest absolute Gasteiger partial charge is 0.497 e. The van der Waals surface area contributed by atoms with E-state index in [9.17, 15) is 4.79 Å². The van der Waals surface area contributed by atoms with E-state index in [1.807, 2.05) is 24.3 Å². The van der Waals surface area contributed by atoms with Crippen molar-refractivity contribution in [2.75, 3.05) is 33.2 Å². The summed E-state index contributed by atoms with van der Waals surface area (Å²) in [6, 6.07) is 12.9. The van der Waals surface area contributed by atoms with Gasteiger partial charge in [0.25, 0.3) is 5.17 Å². The highest BCUT2D eigenvalue weighted by molar-refractivity contribution is 7.80. The molecule has 3 atom stereocenters. The van der Waals surface area contributed by atoms with Gasteiger partial charge in [0.1, 0.15) is 23.4 Å². The predicted molar refractivity (Wildman–Crippen MR) is 118 cm³/mol. The second kappa shape index (κ2) is 8.89. The van der Waals surface area contributed by atoms with Gasteiger partial charge in [-0.25, -0.2) is 4.79 Å². The number of benzene rings is 2. The number of thiocarbonyl (C=S) groups is 1. The van der Waals surface area contributed by atoms with Crippen LogP contribution in [-0.4, -0.2) is 56.2 Å². The number of nitrogens with one attached hydrogen (secondary N) is 1. The first-order chi connectivity index (χ1) is 15.0. The normalized spacial score (nSPS) is 21.3. The first-order valence-electron chi connectivity index (χ1n) is 9.84. The number of rotatable bonds is 4. The van der Waals surface area contributed by atoms with Crippen LogP contribution < -0.4 is 19.5 Å². The van der Waals surface area contributed by atoms with Crippen LogP contribution in [0.15, 0.2) is 42.5 Å². The number of anilines is 1. The Morgan fingerprint density at radius 3 is 2.71 bits per heavy atom. The van der Waals surface area contributed by atoms with Crippen LogP contribution in [-0.2, 0) is 9.47 Å². The molecule has 0 spiro atoms. The molecule has 0 radical (unpaired) electrons. The van der Waals surface area contributed by atoms with E-state index in [1.54, 1.807) is 37.3 Å². The quantitative estimate of drug-likeness (QED) is 0.715. The number of piperidine rings is 1. The molecule has 2 aromatic carbocycles. The molecule has 31 heavy (non-hydrogen) atoms. The van der Waals surface area contributed by atoms with Crippen LogP contribution >= 0.6 is 12.2 Å². The van der Waals surface area contributed by atoms with Crippen molar-refractivity contribution in [3.63, 3.8) is 0 Å². The minimum absolute atomic E-state index is 0.134. The lowest BCUT2D eigenvalue weighted by atomic mass is 9.88. The van der Waals surface area contributed by atoms with Crippen LogP contribution in [0.25, 0.3) is 0 Å². The Bertz CT molecular complexity index is 984. The topological polar surface area (TPSA) is 78.5 Å². The van der Waals surface area contributed by atoms with E-state index in [0.717, 1.165) is 11.3 Å². The molecule has 2 aliphatic rings. The van der Waals surface area contributed by atoms with Crippen molar-refractivity contribution in [1.29, 1.82) is 0 Å².